The third-order valence-electron chi connectivity index (χ3n) is 4.57. The van der Waals surface area contributed by atoms with E-state index in [0.29, 0.717) is 28.4 Å². The maximum atomic E-state index is 13.8. The van der Waals surface area contributed by atoms with Crippen molar-refractivity contribution >= 4 is 23.2 Å². The van der Waals surface area contributed by atoms with Gasteiger partial charge < -0.3 is 10.2 Å². The number of para-hydroxylation sites is 1. The fourth-order valence-corrected chi connectivity index (χ4v) is 3.19. The van der Waals surface area contributed by atoms with E-state index in [1.807, 2.05) is 0 Å². The zero-order valence-electron chi connectivity index (χ0n) is 16.5. The molecule has 0 fully saturated rings. The van der Waals surface area contributed by atoms with Gasteiger partial charge in [-0.1, -0.05) is 23.7 Å². The fourth-order valence-electron chi connectivity index (χ4n) is 3.06. The number of carbonyl (C=O) groups excluding carboxylic acids is 1. The SMILES string of the molecule is CN(CCCNC(=O)c1cnn(-c2ccc(Cl)cc2)c1C(F)(F)F)c1ccccc1F. The van der Waals surface area contributed by atoms with Crippen molar-refractivity contribution in [2.75, 3.05) is 25.0 Å². The summed E-state index contributed by atoms with van der Waals surface area (Å²) in [6.07, 6.45) is -3.50. The Hall–Kier alpha value is -3.07. The monoisotopic (exact) mass is 454 g/mol. The highest BCUT2D eigenvalue weighted by Gasteiger charge is 2.40. The van der Waals surface area contributed by atoms with Crippen LogP contribution in [0.3, 0.4) is 0 Å². The number of carbonyl (C=O) groups is 1. The molecule has 3 rings (SSSR count). The van der Waals surface area contributed by atoms with Crippen LogP contribution >= 0.6 is 11.6 Å². The number of anilines is 1. The molecule has 10 heteroatoms. The number of hydrogen-bond donors (Lipinski definition) is 1. The molecule has 31 heavy (non-hydrogen) atoms. The van der Waals surface area contributed by atoms with E-state index in [4.69, 9.17) is 11.6 Å². The smallest absolute Gasteiger partial charge is 0.372 e. The number of nitrogens with one attached hydrogen (secondary N) is 1. The number of benzene rings is 2. The van der Waals surface area contributed by atoms with Crippen molar-refractivity contribution in [1.29, 1.82) is 0 Å². The van der Waals surface area contributed by atoms with Crippen molar-refractivity contribution in [1.82, 2.24) is 15.1 Å². The first-order chi connectivity index (χ1) is 14.7. The van der Waals surface area contributed by atoms with Gasteiger partial charge in [0.15, 0.2) is 5.69 Å². The van der Waals surface area contributed by atoms with Gasteiger partial charge in [-0.3, -0.25) is 4.79 Å². The summed E-state index contributed by atoms with van der Waals surface area (Å²) >= 11 is 5.79. The molecule has 0 aliphatic rings. The number of aromatic nitrogens is 2. The van der Waals surface area contributed by atoms with Crippen molar-refractivity contribution in [2.45, 2.75) is 12.6 Å². The van der Waals surface area contributed by atoms with Gasteiger partial charge in [-0.05, 0) is 42.8 Å². The zero-order chi connectivity index (χ0) is 22.6. The summed E-state index contributed by atoms with van der Waals surface area (Å²) in [6, 6.07) is 11.9. The molecule has 164 valence electrons. The third-order valence-corrected chi connectivity index (χ3v) is 4.83. The van der Waals surface area contributed by atoms with Crippen molar-refractivity contribution in [2.24, 2.45) is 0 Å². The van der Waals surface area contributed by atoms with Crippen LogP contribution < -0.4 is 10.2 Å². The lowest BCUT2D eigenvalue weighted by Crippen LogP contribution is -2.30. The van der Waals surface area contributed by atoms with Gasteiger partial charge in [-0.2, -0.15) is 18.3 Å². The van der Waals surface area contributed by atoms with Gasteiger partial charge in [0.25, 0.3) is 5.91 Å². The molecule has 1 heterocycles. The first-order valence-corrected chi connectivity index (χ1v) is 9.71. The van der Waals surface area contributed by atoms with Crippen LogP contribution in [0.2, 0.25) is 5.02 Å². The van der Waals surface area contributed by atoms with Gasteiger partial charge in [-0.25, -0.2) is 9.07 Å². The summed E-state index contributed by atoms with van der Waals surface area (Å²) in [5.41, 5.74) is -1.22. The summed E-state index contributed by atoms with van der Waals surface area (Å²) < 4.78 is 55.5. The van der Waals surface area contributed by atoms with Crippen LogP contribution in [0.25, 0.3) is 5.69 Å². The number of amides is 1. The molecule has 0 aliphatic carbocycles. The van der Waals surface area contributed by atoms with Gasteiger partial charge in [0.2, 0.25) is 0 Å². The zero-order valence-corrected chi connectivity index (χ0v) is 17.2. The van der Waals surface area contributed by atoms with E-state index in [-0.39, 0.29) is 18.0 Å². The Morgan fingerprint density at radius 1 is 1.16 bits per heavy atom. The fraction of sp³-hybridized carbons (Fsp3) is 0.238. The summed E-state index contributed by atoms with van der Waals surface area (Å²) in [5.74, 6) is -1.26. The molecule has 0 bridgehead atoms. The number of hydrogen-bond acceptors (Lipinski definition) is 3. The summed E-state index contributed by atoms with van der Waals surface area (Å²) in [4.78, 5) is 14.1. The molecule has 0 unspecified atom stereocenters. The minimum atomic E-state index is -4.80. The highest BCUT2D eigenvalue weighted by molar-refractivity contribution is 6.30. The predicted molar refractivity (Wildman–Crippen MR) is 110 cm³/mol. The molecule has 1 aromatic heterocycles. The van der Waals surface area contributed by atoms with Crippen molar-refractivity contribution in [3.05, 3.63) is 76.8 Å². The second kappa shape index (κ2) is 9.38. The normalized spacial score (nSPS) is 11.4. The largest absolute Gasteiger partial charge is 0.434 e. The minimum absolute atomic E-state index is 0.112. The van der Waals surface area contributed by atoms with E-state index in [2.05, 4.69) is 10.4 Å². The highest BCUT2D eigenvalue weighted by atomic mass is 35.5. The lowest BCUT2D eigenvalue weighted by molar-refractivity contribution is -0.143. The van der Waals surface area contributed by atoms with Crippen LogP contribution in [0.5, 0.6) is 0 Å². The maximum Gasteiger partial charge on any atom is 0.434 e. The molecular weight excluding hydrogens is 436 g/mol. The molecule has 1 amide bonds. The Labute approximate surface area is 181 Å². The van der Waals surface area contributed by atoms with Crippen LogP contribution in [-0.4, -0.2) is 35.8 Å². The van der Waals surface area contributed by atoms with Crippen LogP contribution in [0.15, 0.2) is 54.7 Å². The number of nitrogens with zero attached hydrogens (tertiary/aromatic N) is 3. The number of rotatable bonds is 7. The first kappa shape index (κ1) is 22.6. The molecular formula is C21H19ClF4N4O. The third kappa shape index (κ3) is 5.35. The highest BCUT2D eigenvalue weighted by Crippen LogP contribution is 2.33. The molecule has 0 spiro atoms. The topological polar surface area (TPSA) is 50.2 Å². The van der Waals surface area contributed by atoms with E-state index in [1.165, 1.54) is 30.3 Å². The second-order valence-electron chi connectivity index (χ2n) is 6.78. The molecule has 0 saturated carbocycles. The van der Waals surface area contributed by atoms with Crippen LogP contribution in [0, 0.1) is 5.82 Å². The summed E-state index contributed by atoms with van der Waals surface area (Å²) in [6.45, 7) is 0.512. The average molecular weight is 455 g/mol. The Morgan fingerprint density at radius 3 is 2.48 bits per heavy atom. The molecule has 5 nitrogen and oxygen atoms in total. The average Bonchev–Trinajstić information content (AvgIpc) is 3.17. The van der Waals surface area contributed by atoms with E-state index in [0.717, 1.165) is 6.20 Å². The summed E-state index contributed by atoms with van der Waals surface area (Å²) in [7, 11) is 1.69. The molecule has 0 atom stereocenters. The van der Waals surface area contributed by atoms with Crippen LogP contribution in [0.1, 0.15) is 22.5 Å². The quantitative estimate of drug-likeness (QED) is 0.406. The van der Waals surface area contributed by atoms with Gasteiger partial charge in [0, 0.05) is 25.2 Å². The predicted octanol–water partition coefficient (Wildman–Crippen LogP) is 4.94. The van der Waals surface area contributed by atoms with Crippen molar-refractivity contribution < 1.29 is 22.4 Å². The standard InChI is InChI=1S/C21H19ClF4N4O/c1-29(18-6-3-2-5-17(18)23)12-4-11-27-20(31)16-13-28-30(19(16)21(24,25)26)15-9-7-14(22)8-10-15/h2-3,5-10,13H,4,11-12H2,1H3,(H,27,31). The molecule has 0 saturated heterocycles. The molecule has 0 radical (unpaired) electrons. The van der Waals surface area contributed by atoms with Gasteiger partial charge in [0.05, 0.1) is 23.1 Å². The Balaban J connectivity index is 1.68. The van der Waals surface area contributed by atoms with Crippen molar-refractivity contribution in [3.63, 3.8) is 0 Å². The van der Waals surface area contributed by atoms with Crippen molar-refractivity contribution in [3.8, 4) is 5.69 Å². The van der Waals surface area contributed by atoms with E-state index in [1.54, 1.807) is 30.1 Å². The van der Waals surface area contributed by atoms with Crippen LogP contribution in [-0.2, 0) is 6.18 Å². The van der Waals surface area contributed by atoms with Gasteiger partial charge >= 0.3 is 6.18 Å². The first-order valence-electron chi connectivity index (χ1n) is 9.33. The van der Waals surface area contributed by atoms with E-state index >= 15 is 0 Å². The molecule has 1 N–H and O–H groups in total. The van der Waals surface area contributed by atoms with E-state index < -0.39 is 23.3 Å². The number of alkyl halides is 3. The molecule has 2 aromatic carbocycles. The second-order valence-corrected chi connectivity index (χ2v) is 7.21. The van der Waals surface area contributed by atoms with Crippen LogP contribution in [0.4, 0.5) is 23.2 Å². The molecule has 3 aromatic rings. The minimum Gasteiger partial charge on any atom is -0.372 e. The Kier molecular flexibility index (Phi) is 6.84. The maximum absolute atomic E-state index is 13.8. The Bertz CT molecular complexity index is 1050. The lowest BCUT2D eigenvalue weighted by Gasteiger charge is -2.19. The summed E-state index contributed by atoms with van der Waals surface area (Å²) in [5, 5.41) is 6.59. The number of halogens is 5. The van der Waals surface area contributed by atoms with Gasteiger partial charge in [0.1, 0.15) is 5.82 Å². The Morgan fingerprint density at radius 2 is 1.84 bits per heavy atom. The van der Waals surface area contributed by atoms with Gasteiger partial charge in [-0.15, -0.1) is 0 Å². The lowest BCUT2D eigenvalue weighted by atomic mass is 10.2. The molecule has 0 aliphatic heterocycles. The van der Waals surface area contributed by atoms with E-state index in [9.17, 15) is 22.4 Å².